The maximum Gasteiger partial charge on any atom is 0.234 e. The molecule has 55 heavy (non-hydrogen) atoms. The molecular formula is C51H34N4. The highest BCUT2D eigenvalue weighted by Crippen LogP contribution is 2.38. The molecule has 9 aromatic carbocycles. The minimum atomic E-state index is -0.290. The van der Waals surface area contributed by atoms with Gasteiger partial charge in [0.25, 0.3) is 0 Å². The van der Waals surface area contributed by atoms with Gasteiger partial charge < -0.3 is 5.32 Å². The predicted octanol–water partition coefficient (Wildman–Crippen LogP) is 12.5. The van der Waals surface area contributed by atoms with Gasteiger partial charge in [0.2, 0.25) is 5.96 Å². The first-order valence-corrected chi connectivity index (χ1v) is 18.8. The van der Waals surface area contributed by atoms with Crippen LogP contribution in [0.5, 0.6) is 0 Å². The third-order valence-electron chi connectivity index (χ3n) is 11.0. The maximum atomic E-state index is 5.27. The molecule has 1 aromatic heterocycles. The van der Waals surface area contributed by atoms with Gasteiger partial charge in [-0.3, -0.25) is 4.57 Å². The number of aromatic nitrogens is 1. The van der Waals surface area contributed by atoms with Gasteiger partial charge in [0.05, 0.1) is 11.0 Å². The van der Waals surface area contributed by atoms with Gasteiger partial charge in [-0.25, -0.2) is 4.99 Å². The summed E-state index contributed by atoms with van der Waals surface area (Å²) in [5.74, 6) is 1.46. The van der Waals surface area contributed by atoms with E-state index in [0.717, 1.165) is 28.0 Å². The van der Waals surface area contributed by atoms with E-state index in [1.165, 1.54) is 65.3 Å². The zero-order valence-electron chi connectivity index (χ0n) is 29.9. The van der Waals surface area contributed by atoms with Crippen molar-refractivity contribution in [2.24, 2.45) is 9.98 Å². The molecule has 4 nitrogen and oxygen atoms in total. The van der Waals surface area contributed by atoms with E-state index in [0.29, 0.717) is 5.96 Å². The highest BCUT2D eigenvalue weighted by atomic mass is 15.3. The highest BCUT2D eigenvalue weighted by molar-refractivity contribution is 6.25. The van der Waals surface area contributed by atoms with E-state index in [-0.39, 0.29) is 6.17 Å². The van der Waals surface area contributed by atoms with Crippen LogP contribution in [0.2, 0.25) is 0 Å². The summed E-state index contributed by atoms with van der Waals surface area (Å²) in [6.45, 7) is 0. The molecule has 1 aliphatic heterocycles. The SMILES string of the molecule is c1ccc(C2=NC(n3c4ccccc4c4c5cc(-c6ccc7ccc(-c8ccc9ccccc9c8)cc7c6)ccc5ccc43)=NC(c3ccccc3)N2)cc1. The Labute approximate surface area is 318 Å². The second-order valence-corrected chi connectivity index (χ2v) is 14.3. The van der Waals surface area contributed by atoms with E-state index >= 15 is 0 Å². The molecule has 1 N–H and O–H groups in total. The molecule has 1 aliphatic rings. The molecule has 0 saturated heterocycles. The van der Waals surface area contributed by atoms with E-state index in [4.69, 9.17) is 9.98 Å². The largest absolute Gasteiger partial charge is 0.344 e. The molecule has 1 unspecified atom stereocenters. The summed E-state index contributed by atoms with van der Waals surface area (Å²) in [5.41, 5.74) is 9.07. The molecule has 0 spiro atoms. The van der Waals surface area contributed by atoms with Crippen molar-refractivity contribution in [1.82, 2.24) is 9.88 Å². The van der Waals surface area contributed by atoms with Crippen molar-refractivity contribution in [3.8, 4) is 22.3 Å². The van der Waals surface area contributed by atoms with Gasteiger partial charge in [-0.2, -0.15) is 4.99 Å². The van der Waals surface area contributed by atoms with Crippen LogP contribution in [0.1, 0.15) is 17.3 Å². The summed E-state index contributed by atoms with van der Waals surface area (Å²) in [4.78, 5) is 10.5. The Balaban J connectivity index is 1.07. The lowest BCUT2D eigenvalue weighted by Gasteiger charge is -2.24. The minimum absolute atomic E-state index is 0.290. The first kappa shape index (κ1) is 31.2. The Hall–Kier alpha value is -7.30. The number of benzene rings is 9. The zero-order valence-corrected chi connectivity index (χ0v) is 29.9. The van der Waals surface area contributed by atoms with E-state index in [1.807, 2.05) is 24.3 Å². The van der Waals surface area contributed by atoms with Gasteiger partial charge in [-0.05, 0) is 96.5 Å². The molecule has 10 aromatic rings. The molecular weight excluding hydrogens is 669 g/mol. The monoisotopic (exact) mass is 702 g/mol. The number of rotatable bonds is 4. The van der Waals surface area contributed by atoms with Crippen molar-refractivity contribution in [2.45, 2.75) is 6.17 Å². The lowest BCUT2D eigenvalue weighted by molar-refractivity contribution is 0.668. The third-order valence-corrected chi connectivity index (χ3v) is 11.0. The van der Waals surface area contributed by atoms with Crippen molar-refractivity contribution in [1.29, 1.82) is 0 Å². The van der Waals surface area contributed by atoms with E-state index in [2.05, 4.69) is 180 Å². The van der Waals surface area contributed by atoms with Crippen molar-refractivity contribution in [2.75, 3.05) is 0 Å². The number of hydrogen-bond acceptors (Lipinski definition) is 3. The average Bonchev–Trinajstić information content (AvgIpc) is 3.61. The first-order chi connectivity index (χ1) is 27.2. The number of fused-ring (bicyclic) bond motifs is 7. The number of hydrogen-bond donors (Lipinski definition) is 1. The van der Waals surface area contributed by atoms with Crippen molar-refractivity contribution < 1.29 is 0 Å². The molecule has 0 bridgehead atoms. The normalized spacial score (nSPS) is 14.4. The topological polar surface area (TPSA) is 41.7 Å². The number of nitrogens with zero attached hydrogens (tertiary/aromatic N) is 3. The summed E-state index contributed by atoms with van der Waals surface area (Å²) >= 11 is 0. The zero-order chi connectivity index (χ0) is 36.3. The molecule has 2 heterocycles. The number of nitrogens with one attached hydrogen (secondary N) is 1. The summed E-state index contributed by atoms with van der Waals surface area (Å²) in [7, 11) is 0. The molecule has 258 valence electrons. The summed E-state index contributed by atoms with van der Waals surface area (Å²) in [6.07, 6.45) is -0.290. The quantitative estimate of drug-likeness (QED) is 0.195. The fourth-order valence-corrected chi connectivity index (χ4v) is 8.24. The van der Waals surface area contributed by atoms with Crippen LogP contribution in [0.15, 0.2) is 204 Å². The predicted molar refractivity (Wildman–Crippen MR) is 231 cm³/mol. The van der Waals surface area contributed by atoms with Crippen LogP contribution in [0, 0.1) is 0 Å². The Bertz CT molecular complexity index is 3170. The van der Waals surface area contributed by atoms with Gasteiger partial charge >= 0.3 is 0 Å². The third kappa shape index (κ3) is 5.38. The minimum Gasteiger partial charge on any atom is -0.344 e. The lowest BCUT2D eigenvalue weighted by Crippen LogP contribution is -2.35. The van der Waals surface area contributed by atoms with E-state index < -0.39 is 0 Å². The Kier molecular flexibility index (Phi) is 7.20. The van der Waals surface area contributed by atoms with Crippen LogP contribution in [0.3, 0.4) is 0 Å². The molecule has 0 radical (unpaired) electrons. The molecule has 0 saturated carbocycles. The first-order valence-electron chi connectivity index (χ1n) is 18.8. The van der Waals surface area contributed by atoms with E-state index in [9.17, 15) is 0 Å². The summed E-state index contributed by atoms with van der Waals surface area (Å²) in [6, 6.07) is 69.5. The van der Waals surface area contributed by atoms with Gasteiger partial charge in [0.1, 0.15) is 12.0 Å². The average molecular weight is 703 g/mol. The second-order valence-electron chi connectivity index (χ2n) is 14.3. The number of para-hydroxylation sites is 1. The second kappa shape index (κ2) is 12.7. The van der Waals surface area contributed by atoms with Crippen molar-refractivity contribution >= 4 is 65.9 Å². The fourth-order valence-electron chi connectivity index (χ4n) is 8.24. The van der Waals surface area contributed by atoms with Crippen LogP contribution >= 0.6 is 0 Å². The van der Waals surface area contributed by atoms with Crippen LogP contribution in [-0.2, 0) is 0 Å². The molecule has 11 rings (SSSR count). The van der Waals surface area contributed by atoms with Gasteiger partial charge in [-0.1, -0.05) is 158 Å². The van der Waals surface area contributed by atoms with Crippen molar-refractivity contribution in [3.05, 3.63) is 205 Å². The van der Waals surface area contributed by atoms with Crippen molar-refractivity contribution in [3.63, 3.8) is 0 Å². The van der Waals surface area contributed by atoms with Gasteiger partial charge in [-0.15, -0.1) is 0 Å². The molecule has 0 aliphatic carbocycles. The van der Waals surface area contributed by atoms with Gasteiger partial charge in [0.15, 0.2) is 0 Å². The Morgan fingerprint density at radius 1 is 0.400 bits per heavy atom. The molecule has 0 amide bonds. The van der Waals surface area contributed by atoms with Crippen LogP contribution in [0.25, 0.3) is 76.4 Å². The standard InChI is InChI=1S/C51H34N4/c1-3-12-36(13-4-1)49-52-50(37-14-5-2-6-15-37)54-51(53-49)55-46-18-10-9-17-44(46)48-45-32-42(26-22-35(45)27-28-47(48)55)41-25-21-34-20-24-40(30-43(34)31-41)39-23-19-33-11-7-8-16-38(33)29-39/h1-32,49H,(H,52,53,54). The van der Waals surface area contributed by atoms with Crippen LogP contribution in [0.4, 0.5) is 0 Å². The Morgan fingerprint density at radius 3 is 1.71 bits per heavy atom. The summed E-state index contributed by atoms with van der Waals surface area (Å²) < 4.78 is 2.24. The smallest absolute Gasteiger partial charge is 0.234 e. The van der Waals surface area contributed by atoms with Crippen LogP contribution in [-0.4, -0.2) is 16.4 Å². The van der Waals surface area contributed by atoms with Gasteiger partial charge in [0, 0.05) is 16.3 Å². The lowest BCUT2D eigenvalue weighted by atomic mass is 9.95. The molecule has 0 fully saturated rings. The molecule has 4 heteroatoms. The highest BCUT2D eigenvalue weighted by Gasteiger charge is 2.24. The Morgan fingerprint density at radius 2 is 0.964 bits per heavy atom. The fraction of sp³-hybridized carbons (Fsp3) is 0.0196. The maximum absolute atomic E-state index is 5.27. The summed E-state index contributed by atoms with van der Waals surface area (Å²) in [5, 5.41) is 13.3. The molecule has 1 atom stereocenters. The number of amidine groups is 1. The number of aliphatic imine (C=N–C) groups is 2. The van der Waals surface area contributed by atoms with Crippen LogP contribution < -0.4 is 5.32 Å². The van der Waals surface area contributed by atoms with E-state index in [1.54, 1.807) is 0 Å².